The molecule has 1 amide bonds. The summed E-state index contributed by atoms with van der Waals surface area (Å²) in [6.45, 7) is 0.640. The smallest absolute Gasteiger partial charge is 0.275 e. The predicted octanol–water partition coefficient (Wildman–Crippen LogP) is 1.20. The molecular weight excluding hydrogens is 218 g/mol. The highest BCUT2D eigenvalue weighted by Gasteiger charge is 2.20. The first-order valence-corrected chi connectivity index (χ1v) is 5.40. The number of ether oxygens (including phenoxy) is 1. The standard InChI is InChI=1S/C12H11N3O2/c16-12(14-15-7-2-6-13-15)10-4-1-3-9-5-8-17-11(9)10/h1-4,6-7H,5,8H2,(H,14,16). The fourth-order valence-corrected chi connectivity index (χ4v) is 1.89. The van der Waals surface area contributed by atoms with E-state index in [0.29, 0.717) is 17.9 Å². The van der Waals surface area contributed by atoms with Crippen LogP contribution >= 0.6 is 0 Å². The first kappa shape index (κ1) is 9.89. The van der Waals surface area contributed by atoms with Crippen molar-refractivity contribution >= 4 is 5.91 Å². The molecule has 0 saturated heterocycles. The third-order valence-electron chi connectivity index (χ3n) is 2.68. The van der Waals surface area contributed by atoms with Crippen LogP contribution in [0.2, 0.25) is 0 Å². The lowest BCUT2D eigenvalue weighted by Gasteiger charge is -2.08. The van der Waals surface area contributed by atoms with E-state index in [1.807, 2.05) is 12.1 Å². The molecule has 1 aromatic heterocycles. The van der Waals surface area contributed by atoms with Gasteiger partial charge in [0.05, 0.1) is 18.4 Å². The molecule has 5 heteroatoms. The van der Waals surface area contributed by atoms with Crippen molar-refractivity contribution in [2.24, 2.45) is 0 Å². The molecule has 1 aliphatic heterocycles. The molecule has 2 heterocycles. The van der Waals surface area contributed by atoms with Gasteiger partial charge < -0.3 is 4.74 Å². The van der Waals surface area contributed by atoms with Gasteiger partial charge in [-0.3, -0.25) is 4.79 Å². The van der Waals surface area contributed by atoms with Crippen LogP contribution in [0, 0.1) is 0 Å². The molecular formula is C12H11N3O2. The van der Waals surface area contributed by atoms with E-state index in [0.717, 1.165) is 12.0 Å². The molecule has 0 bridgehead atoms. The summed E-state index contributed by atoms with van der Waals surface area (Å²) in [5.74, 6) is 0.476. The Morgan fingerprint density at radius 1 is 1.41 bits per heavy atom. The molecule has 0 unspecified atom stereocenters. The van der Waals surface area contributed by atoms with Crippen LogP contribution in [0.15, 0.2) is 36.7 Å². The van der Waals surface area contributed by atoms with Crippen molar-refractivity contribution < 1.29 is 9.53 Å². The molecule has 3 rings (SSSR count). The number of nitrogens with zero attached hydrogens (tertiary/aromatic N) is 2. The molecule has 1 aliphatic rings. The minimum atomic E-state index is -0.215. The van der Waals surface area contributed by atoms with E-state index in [9.17, 15) is 4.79 Å². The maximum Gasteiger partial charge on any atom is 0.275 e. The minimum absolute atomic E-state index is 0.215. The number of amides is 1. The molecule has 0 aliphatic carbocycles. The number of rotatable bonds is 2. The first-order valence-electron chi connectivity index (χ1n) is 5.40. The van der Waals surface area contributed by atoms with Gasteiger partial charge in [0, 0.05) is 12.6 Å². The lowest BCUT2D eigenvalue weighted by Crippen LogP contribution is -2.23. The van der Waals surface area contributed by atoms with E-state index in [4.69, 9.17) is 4.74 Å². The second-order valence-corrected chi connectivity index (χ2v) is 3.78. The number of carbonyl (C=O) groups is 1. The van der Waals surface area contributed by atoms with Gasteiger partial charge in [0.25, 0.3) is 5.91 Å². The lowest BCUT2D eigenvalue weighted by atomic mass is 10.1. The summed E-state index contributed by atoms with van der Waals surface area (Å²) in [7, 11) is 0. The number of para-hydroxylation sites is 1. The topological polar surface area (TPSA) is 56.2 Å². The Morgan fingerprint density at radius 3 is 3.18 bits per heavy atom. The fourth-order valence-electron chi connectivity index (χ4n) is 1.89. The Hall–Kier alpha value is -2.30. The highest BCUT2D eigenvalue weighted by atomic mass is 16.5. The lowest BCUT2D eigenvalue weighted by molar-refractivity contribution is 0.100. The number of nitrogens with one attached hydrogen (secondary N) is 1. The van der Waals surface area contributed by atoms with Gasteiger partial charge in [-0.05, 0) is 17.7 Å². The number of hydrogen-bond donors (Lipinski definition) is 1. The normalized spacial score (nSPS) is 12.9. The van der Waals surface area contributed by atoms with Crippen molar-refractivity contribution in [3.05, 3.63) is 47.8 Å². The highest BCUT2D eigenvalue weighted by Crippen LogP contribution is 2.29. The van der Waals surface area contributed by atoms with Crippen LogP contribution in [0.25, 0.3) is 0 Å². The molecule has 5 nitrogen and oxygen atoms in total. The molecule has 17 heavy (non-hydrogen) atoms. The van der Waals surface area contributed by atoms with E-state index in [1.165, 1.54) is 4.79 Å². The Bertz CT molecular complexity index is 549. The van der Waals surface area contributed by atoms with E-state index >= 15 is 0 Å². The van der Waals surface area contributed by atoms with Crippen LogP contribution in [0.1, 0.15) is 15.9 Å². The van der Waals surface area contributed by atoms with E-state index in [1.54, 1.807) is 24.5 Å². The zero-order chi connectivity index (χ0) is 11.7. The molecule has 86 valence electrons. The Balaban J connectivity index is 1.89. The second kappa shape index (κ2) is 3.93. The van der Waals surface area contributed by atoms with Gasteiger partial charge in [-0.2, -0.15) is 9.89 Å². The van der Waals surface area contributed by atoms with Gasteiger partial charge >= 0.3 is 0 Å². The van der Waals surface area contributed by atoms with E-state index in [2.05, 4.69) is 10.5 Å². The van der Waals surface area contributed by atoms with Gasteiger partial charge in [-0.1, -0.05) is 12.1 Å². The monoisotopic (exact) mass is 229 g/mol. The summed E-state index contributed by atoms with van der Waals surface area (Å²) in [6.07, 6.45) is 4.13. The summed E-state index contributed by atoms with van der Waals surface area (Å²) in [4.78, 5) is 13.4. The Kier molecular flexibility index (Phi) is 2.29. The number of hydrogen-bond acceptors (Lipinski definition) is 3. The Morgan fingerprint density at radius 2 is 2.35 bits per heavy atom. The predicted molar refractivity (Wildman–Crippen MR) is 61.6 cm³/mol. The molecule has 0 saturated carbocycles. The molecule has 1 N–H and O–H groups in total. The summed E-state index contributed by atoms with van der Waals surface area (Å²) >= 11 is 0. The number of carbonyl (C=O) groups excluding carboxylic acids is 1. The first-order chi connectivity index (χ1) is 8.34. The number of aromatic nitrogens is 2. The van der Waals surface area contributed by atoms with E-state index in [-0.39, 0.29) is 5.91 Å². The molecule has 0 fully saturated rings. The van der Waals surface area contributed by atoms with Crippen LogP contribution in [0.3, 0.4) is 0 Å². The van der Waals surface area contributed by atoms with Gasteiger partial charge in [-0.15, -0.1) is 0 Å². The third kappa shape index (κ3) is 1.75. The summed E-state index contributed by atoms with van der Waals surface area (Å²) < 4.78 is 5.48. The van der Waals surface area contributed by atoms with Crippen molar-refractivity contribution in [2.45, 2.75) is 6.42 Å². The van der Waals surface area contributed by atoms with Crippen LogP contribution in [-0.2, 0) is 6.42 Å². The molecule has 2 aromatic rings. The summed E-state index contributed by atoms with van der Waals surface area (Å²) in [5.41, 5.74) is 4.29. The molecule has 0 spiro atoms. The van der Waals surface area contributed by atoms with Gasteiger partial charge in [0.15, 0.2) is 0 Å². The maximum atomic E-state index is 12.0. The fraction of sp³-hybridized carbons (Fsp3) is 0.167. The summed E-state index contributed by atoms with van der Waals surface area (Å²) in [5, 5.41) is 3.92. The number of fused-ring (bicyclic) bond motifs is 1. The zero-order valence-electron chi connectivity index (χ0n) is 9.09. The van der Waals surface area contributed by atoms with Gasteiger partial charge in [0.2, 0.25) is 0 Å². The van der Waals surface area contributed by atoms with Gasteiger partial charge in [-0.25, -0.2) is 5.43 Å². The van der Waals surface area contributed by atoms with Gasteiger partial charge in [0.1, 0.15) is 5.75 Å². The quantitative estimate of drug-likeness (QED) is 0.841. The van der Waals surface area contributed by atoms with Crippen LogP contribution in [-0.4, -0.2) is 22.4 Å². The van der Waals surface area contributed by atoms with Crippen molar-refractivity contribution in [3.63, 3.8) is 0 Å². The van der Waals surface area contributed by atoms with Crippen LogP contribution in [0.5, 0.6) is 5.75 Å². The second-order valence-electron chi connectivity index (χ2n) is 3.78. The zero-order valence-corrected chi connectivity index (χ0v) is 9.09. The van der Waals surface area contributed by atoms with Crippen molar-refractivity contribution in [2.75, 3.05) is 12.0 Å². The average Bonchev–Trinajstić information content (AvgIpc) is 2.97. The number of benzene rings is 1. The maximum absolute atomic E-state index is 12.0. The molecule has 0 atom stereocenters. The SMILES string of the molecule is O=C(Nn1cccn1)c1cccc2c1OCC2. The van der Waals surface area contributed by atoms with Crippen LogP contribution in [0.4, 0.5) is 0 Å². The van der Waals surface area contributed by atoms with E-state index < -0.39 is 0 Å². The van der Waals surface area contributed by atoms with Crippen molar-refractivity contribution in [1.82, 2.24) is 9.89 Å². The largest absolute Gasteiger partial charge is 0.492 e. The minimum Gasteiger partial charge on any atom is -0.492 e. The van der Waals surface area contributed by atoms with Crippen LogP contribution < -0.4 is 10.2 Å². The van der Waals surface area contributed by atoms with Crippen molar-refractivity contribution in [1.29, 1.82) is 0 Å². The average molecular weight is 229 g/mol. The third-order valence-corrected chi connectivity index (χ3v) is 2.68. The van der Waals surface area contributed by atoms with Crippen molar-refractivity contribution in [3.8, 4) is 5.75 Å². The highest BCUT2D eigenvalue weighted by molar-refractivity contribution is 6.02. The summed E-state index contributed by atoms with van der Waals surface area (Å²) in [6, 6.07) is 7.34. The Labute approximate surface area is 98.0 Å². The molecule has 1 aromatic carbocycles. The molecule has 0 radical (unpaired) electrons.